The number of carbonyl (C=O) groups is 1. The Hall–Kier alpha value is -0.870. The van der Waals surface area contributed by atoms with Crippen LogP contribution >= 0.6 is 11.3 Å². The molecule has 104 valence electrons. The number of fused-ring (bicyclic) bond motifs is 1. The van der Waals surface area contributed by atoms with Gasteiger partial charge in [0.25, 0.3) is 0 Å². The van der Waals surface area contributed by atoms with Gasteiger partial charge in [-0.2, -0.15) is 0 Å². The van der Waals surface area contributed by atoms with Crippen LogP contribution in [0.4, 0.5) is 0 Å². The molecule has 3 rings (SSSR count). The first-order chi connectivity index (χ1) is 9.25. The molecule has 2 atom stereocenters. The van der Waals surface area contributed by atoms with Crippen LogP contribution in [-0.2, 0) is 6.54 Å². The lowest BCUT2D eigenvalue weighted by Gasteiger charge is -2.44. The van der Waals surface area contributed by atoms with Crippen LogP contribution in [0.25, 0.3) is 0 Å². The van der Waals surface area contributed by atoms with Crippen LogP contribution < -0.4 is 0 Å². The van der Waals surface area contributed by atoms with Crippen LogP contribution in [-0.4, -0.2) is 28.6 Å². The minimum Gasteiger partial charge on any atom is -0.477 e. The van der Waals surface area contributed by atoms with Gasteiger partial charge in [-0.25, -0.2) is 4.79 Å². The quantitative estimate of drug-likeness (QED) is 0.919. The van der Waals surface area contributed by atoms with E-state index in [2.05, 4.69) is 4.90 Å². The molecule has 1 aromatic rings. The van der Waals surface area contributed by atoms with Crippen molar-refractivity contribution >= 4 is 17.3 Å². The van der Waals surface area contributed by atoms with Crippen molar-refractivity contribution in [3.8, 4) is 0 Å². The molecule has 19 heavy (non-hydrogen) atoms. The summed E-state index contributed by atoms with van der Waals surface area (Å²) in [5, 5.41) is 11.1. The second-order valence-corrected chi connectivity index (χ2v) is 6.72. The van der Waals surface area contributed by atoms with Gasteiger partial charge in [-0.05, 0) is 55.2 Å². The molecule has 0 radical (unpaired) electrons. The highest BCUT2D eigenvalue weighted by molar-refractivity contribution is 7.12. The Morgan fingerprint density at radius 1 is 1.32 bits per heavy atom. The van der Waals surface area contributed by atoms with Crippen molar-refractivity contribution in [1.82, 2.24) is 4.90 Å². The van der Waals surface area contributed by atoms with E-state index in [0.29, 0.717) is 10.9 Å². The minimum atomic E-state index is -0.776. The molecule has 1 aromatic heterocycles. The number of aromatic carboxylic acids is 1. The van der Waals surface area contributed by atoms with E-state index in [0.717, 1.165) is 24.6 Å². The summed E-state index contributed by atoms with van der Waals surface area (Å²) in [6.07, 6.45) is 8.04. The van der Waals surface area contributed by atoms with Crippen molar-refractivity contribution in [1.29, 1.82) is 0 Å². The van der Waals surface area contributed by atoms with E-state index in [-0.39, 0.29) is 0 Å². The lowest BCUT2D eigenvalue weighted by molar-refractivity contribution is 0.0538. The summed E-state index contributed by atoms with van der Waals surface area (Å²) in [6, 6.07) is 2.68. The fourth-order valence-corrected chi connectivity index (χ4v) is 4.54. The highest BCUT2D eigenvalue weighted by Gasteiger charge is 2.33. The van der Waals surface area contributed by atoms with Gasteiger partial charge in [-0.1, -0.05) is 12.8 Å². The van der Waals surface area contributed by atoms with Crippen LogP contribution in [0.1, 0.15) is 53.8 Å². The highest BCUT2D eigenvalue weighted by Crippen LogP contribution is 2.36. The lowest BCUT2D eigenvalue weighted by Crippen LogP contribution is -2.46. The van der Waals surface area contributed by atoms with Crippen LogP contribution in [0, 0.1) is 5.92 Å². The van der Waals surface area contributed by atoms with Crippen molar-refractivity contribution in [2.75, 3.05) is 6.54 Å². The third-order valence-corrected chi connectivity index (χ3v) is 5.62. The molecule has 3 nitrogen and oxygen atoms in total. The van der Waals surface area contributed by atoms with Gasteiger partial charge in [0.05, 0.1) is 0 Å². The van der Waals surface area contributed by atoms with Crippen molar-refractivity contribution in [2.24, 2.45) is 5.92 Å². The molecular weight excluding hydrogens is 258 g/mol. The molecule has 0 bridgehead atoms. The SMILES string of the molecule is O=C(O)c1sccc1CN1CCCC2CCCCC21. The fraction of sp³-hybridized carbons (Fsp3) is 0.667. The van der Waals surface area contributed by atoms with Gasteiger partial charge in [0, 0.05) is 12.6 Å². The summed E-state index contributed by atoms with van der Waals surface area (Å²) in [5.74, 6) is 0.0802. The van der Waals surface area contributed by atoms with Crippen molar-refractivity contribution < 1.29 is 9.90 Å². The number of nitrogens with zero attached hydrogens (tertiary/aromatic N) is 1. The lowest BCUT2D eigenvalue weighted by atomic mass is 9.78. The molecule has 1 aliphatic carbocycles. The summed E-state index contributed by atoms with van der Waals surface area (Å²) < 4.78 is 0. The zero-order valence-corrected chi connectivity index (χ0v) is 12.0. The maximum absolute atomic E-state index is 11.2. The summed E-state index contributed by atoms with van der Waals surface area (Å²) in [6.45, 7) is 1.96. The molecule has 1 saturated carbocycles. The zero-order valence-electron chi connectivity index (χ0n) is 11.2. The molecule has 0 aromatic carbocycles. The van der Waals surface area contributed by atoms with Crippen LogP contribution in [0.5, 0.6) is 0 Å². The number of likely N-dealkylation sites (tertiary alicyclic amines) is 1. The first kappa shape index (κ1) is 13.1. The van der Waals surface area contributed by atoms with Gasteiger partial charge in [-0.15, -0.1) is 11.3 Å². The number of carboxylic acids is 1. The van der Waals surface area contributed by atoms with Gasteiger partial charge in [0.15, 0.2) is 0 Å². The largest absolute Gasteiger partial charge is 0.477 e. The van der Waals surface area contributed by atoms with E-state index in [9.17, 15) is 9.90 Å². The Morgan fingerprint density at radius 3 is 2.95 bits per heavy atom. The Balaban J connectivity index is 1.74. The minimum absolute atomic E-state index is 0.526. The van der Waals surface area contributed by atoms with E-state index in [1.54, 1.807) is 0 Å². The van der Waals surface area contributed by atoms with Crippen molar-refractivity contribution in [2.45, 2.75) is 51.1 Å². The Bertz CT molecular complexity index is 455. The summed E-state index contributed by atoms with van der Waals surface area (Å²) in [5.41, 5.74) is 1.00. The maximum atomic E-state index is 11.2. The topological polar surface area (TPSA) is 40.5 Å². The molecule has 2 aliphatic rings. The van der Waals surface area contributed by atoms with E-state index in [1.165, 1.54) is 49.9 Å². The molecule has 1 aliphatic heterocycles. The number of carboxylic acid groups (broad SMARTS) is 1. The molecule has 1 saturated heterocycles. The standard InChI is InChI=1S/C15H21NO2S/c17-15(18)14-12(7-9-19-14)10-16-8-3-5-11-4-1-2-6-13(11)16/h7,9,11,13H,1-6,8,10H2,(H,17,18). The van der Waals surface area contributed by atoms with Gasteiger partial charge in [0.2, 0.25) is 0 Å². The first-order valence-corrected chi connectivity index (χ1v) is 8.17. The third kappa shape index (κ3) is 2.70. The van der Waals surface area contributed by atoms with E-state index in [1.807, 2.05) is 11.4 Å². The van der Waals surface area contributed by atoms with Crippen LogP contribution in [0.15, 0.2) is 11.4 Å². The summed E-state index contributed by atoms with van der Waals surface area (Å²) >= 11 is 1.35. The fourth-order valence-electron chi connectivity index (χ4n) is 3.79. The number of piperidine rings is 1. The number of rotatable bonds is 3. The van der Waals surface area contributed by atoms with Crippen LogP contribution in [0.3, 0.4) is 0 Å². The number of hydrogen-bond donors (Lipinski definition) is 1. The average molecular weight is 279 g/mol. The van der Waals surface area contributed by atoms with Gasteiger partial charge >= 0.3 is 5.97 Å². The Labute approximate surface area is 118 Å². The van der Waals surface area contributed by atoms with Crippen molar-refractivity contribution in [3.05, 3.63) is 21.9 Å². The second-order valence-electron chi connectivity index (χ2n) is 5.80. The third-order valence-electron chi connectivity index (χ3n) is 4.67. The van der Waals surface area contributed by atoms with Gasteiger partial charge < -0.3 is 5.11 Å². The number of hydrogen-bond acceptors (Lipinski definition) is 3. The molecule has 4 heteroatoms. The Morgan fingerprint density at radius 2 is 2.11 bits per heavy atom. The van der Waals surface area contributed by atoms with E-state index in [4.69, 9.17) is 0 Å². The highest BCUT2D eigenvalue weighted by atomic mass is 32.1. The second kappa shape index (κ2) is 5.63. The zero-order chi connectivity index (χ0) is 13.2. The maximum Gasteiger partial charge on any atom is 0.346 e. The van der Waals surface area contributed by atoms with Gasteiger partial charge in [0.1, 0.15) is 4.88 Å². The average Bonchev–Trinajstić information content (AvgIpc) is 2.87. The molecule has 2 fully saturated rings. The first-order valence-electron chi connectivity index (χ1n) is 7.29. The van der Waals surface area contributed by atoms with E-state index >= 15 is 0 Å². The Kier molecular flexibility index (Phi) is 3.89. The normalized spacial score (nSPS) is 28.0. The van der Waals surface area contributed by atoms with E-state index < -0.39 is 5.97 Å². The predicted molar refractivity (Wildman–Crippen MR) is 76.7 cm³/mol. The van der Waals surface area contributed by atoms with Crippen molar-refractivity contribution in [3.63, 3.8) is 0 Å². The predicted octanol–water partition coefficient (Wildman–Crippen LogP) is 3.60. The molecule has 0 amide bonds. The smallest absolute Gasteiger partial charge is 0.346 e. The molecular formula is C15H21NO2S. The monoisotopic (exact) mass is 279 g/mol. The van der Waals surface area contributed by atoms with Crippen LogP contribution in [0.2, 0.25) is 0 Å². The summed E-state index contributed by atoms with van der Waals surface area (Å²) in [7, 11) is 0. The number of thiophene rings is 1. The molecule has 2 unspecified atom stereocenters. The summed E-state index contributed by atoms with van der Waals surface area (Å²) in [4.78, 5) is 14.3. The molecule has 2 heterocycles. The molecule has 0 spiro atoms. The van der Waals surface area contributed by atoms with Gasteiger partial charge in [-0.3, -0.25) is 4.90 Å². The molecule has 1 N–H and O–H groups in total.